The molecule has 9 heteroatoms. The first-order chi connectivity index (χ1) is 12.2. The first-order valence-corrected chi connectivity index (χ1v) is 11.9. The molecule has 0 aliphatic rings. The Hall–Kier alpha value is -1.19. The lowest BCUT2D eigenvalue weighted by Gasteiger charge is -2.11. The molecule has 0 fully saturated rings. The number of nitrogens with one attached hydrogen (secondary N) is 1. The van der Waals surface area contributed by atoms with Gasteiger partial charge in [-0.15, -0.1) is 0 Å². The molecule has 2 aromatic rings. The van der Waals surface area contributed by atoms with E-state index in [1.165, 1.54) is 0 Å². The zero-order chi connectivity index (χ0) is 19.2. The van der Waals surface area contributed by atoms with E-state index in [1.807, 2.05) is 12.1 Å². The van der Waals surface area contributed by atoms with Crippen molar-refractivity contribution in [1.82, 2.24) is 4.72 Å². The molecule has 0 bridgehead atoms. The fourth-order valence-corrected chi connectivity index (χ4v) is 4.81. The fourth-order valence-electron chi connectivity index (χ4n) is 2.56. The molecule has 0 atom stereocenters. The van der Waals surface area contributed by atoms with Gasteiger partial charge < -0.3 is 0 Å². The minimum absolute atomic E-state index is 0.0961. The lowest BCUT2D eigenvalue weighted by atomic mass is 10.1. The summed E-state index contributed by atoms with van der Waals surface area (Å²) in [5.74, 6) is 0. The van der Waals surface area contributed by atoms with Crippen molar-refractivity contribution in [3.8, 4) is 0 Å². The molecule has 0 heterocycles. The molecule has 144 valence electrons. The Bertz CT molecular complexity index is 958. The van der Waals surface area contributed by atoms with Crippen LogP contribution in [0.2, 0.25) is 5.02 Å². The molecular formula is C17H22ClNO5S2. The number of hydrogen-bond acceptors (Lipinski definition) is 5. The second-order valence-electron chi connectivity index (χ2n) is 5.94. The summed E-state index contributed by atoms with van der Waals surface area (Å²) in [6, 6.07) is 10.6. The molecule has 0 aliphatic carbocycles. The molecule has 0 radical (unpaired) electrons. The van der Waals surface area contributed by atoms with Crippen LogP contribution in [-0.2, 0) is 24.3 Å². The van der Waals surface area contributed by atoms with Crippen LogP contribution in [0.1, 0.15) is 25.7 Å². The summed E-state index contributed by atoms with van der Waals surface area (Å²) in [6.07, 6.45) is 3.78. The van der Waals surface area contributed by atoms with Gasteiger partial charge in [-0.2, -0.15) is 8.42 Å². The number of rotatable bonds is 10. The predicted octanol–water partition coefficient (Wildman–Crippen LogP) is 3.31. The van der Waals surface area contributed by atoms with Crippen molar-refractivity contribution in [1.29, 1.82) is 0 Å². The SMILES string of the molecule is CS(=O)(=O)OCCCCCCNS(=O)(=O)c1c(Cl)ccc2ccccc12. The Kier molecular flexibility index (Phi) is 7.42. The average Bonchev–Trinajstić information content (AvgIpc) is 2.55. The van der Waals surface area contributed by atoms with Crippen molar-refractivity contribution in [2.45, 2.75) is 30.6 Å². The maximum absolute atomic E-state index is 12.6. The normalized spacial score (nSPS) is 12.5. The highest BCUT2D eigenvalue weighted by atomic mass is 35.5. The molecule has 1 N–H and O–H groups in total. The summed E-state index contributed by atoms with van der Waals surface area (Å²) < 4.78 is 54.1. The molecule has 6 nitrogen and oxygen atoms in total. The van der Waals surface area contributed by atoms with Gasteiger partial charge in [0, 0.05) is 11.9 Å². The topological polar surface area (TPSA) is 89.5 Å². The highest BCUT2D eigenvalue weighted by Crippen LogP contribution is 2.30. The zero-order valence-corrected chi connectivity index (χ0v) is 16.8. The van der Waals surface area contributed by atoms with Crippen LogP contribution in [0, 0.1) is 0 Å². The van der Waals surface area contributed by atoms with Gasteiger partial charge in [0.1, 0.15) is 4.90 Å². The molecule has 0 amide bonds. The van der Waals surface area contributed by atoms with E-state index in [2.05, 4.69) is 8.91 Å². The number of fused-ring (bicyclic) bond motifs is 1. The van der Waals surface area contributed by atoms with Gasteiger partial charge in [0.25, 0.3) is 10.1 Å². The third-order valence-corrected chi connectivity index (χ3v) is 6.34. The van der Waals surface area contributed by atoms with Crippen LogP contribution < -0.4 is 4.72 Å². The van der Waals surface area contributed by atoms with Crippen molar-refractivity contribution < 1.29 is 21.0 Å². The van der Waals surface area contributed by atoms with Gasteiger partial charge in [-0.25, -0.2) is 13.1 Å². The standard InChI is InChI=1S/C17H22ClNO5S2/c1-25(20,21)24-13-7-3-2-6-12-19-26(22,23)17-15-9-5-4-8-14(15)10-11-16(17)18/h4-5,8-11,19H,2-3,6-7,12-13H2,1H3. The summed E-state index contributed by atoms with van der Waals surface area (Å²) in [5.41, 5.74) is 0. The average molecular weight is 420 g/mol. The summed E-state index contributed by atoms with van der Waals surface area (Å²) in [5, 5.41) is 1.59. The summed E-state index contributed by atoms with van der Waals surface area (Å²) in [4.78, 5) is 0.0961. The third-order valence-electron chi connectivity index (χ3n) is 3.76. The van der Waals surface area contributed by atoms with Crippen LogP contribution in [0.4, 0.5) is 0 Å². The zero-order valence-electron chi connectivity index (χ0n) is 14.4. The van der Waals surface area contributed by atoms with Crippen LogP contribution in [0.15, 0.2) is 41.3 Å². The molecule has 2 rings (SSSR count). The van der Waals surface area contributed by atoms with Crippen molar-refractivity contribution >= 4 is 42.5 Å². The molecule has 0 aliphatic heterocycles. The third kappa shape index (κ3) is 6.21. The molecule has 2 aromatic carbocycles. The van der Waals surface area contributed by atoms with Crippen molar-refractivity contribution in [2.24, 2.45) is 0 Å². The Morgan fingerprint density at radius 3 is 2.38 bits per heavy atom. The van der Waals surface area contributed by atoms with E-state index in [0.29, 0.717) is 18.2 Å². The van der Waals surface area contributed by atoms with E-state index >= 15 is 0 Å². The summed E-state index contributed by atoms with van der Waals surface area (Å²) >= 11 is 6.14. The first kappa shape index (κ1) is 21.1. The molecule has 0 saturated heterocycles. The van der Waals surface area contributed by atoms with Crippen LogP contribution >= 0.6 is 11.6 Å². The molecule has 0 aromatic heterocycles. The maximum Gasteiger partial charge on any atom is 0.264 e. The quantitative estimate of drug-likeness (QED) is 0.471. The lowest BCUT2D eigenvalue weighted by Crippen LogP contribution is -2.25. The number of halogens is 1. The summed E-state index contributed by atoms with van der Waals surface area (Å²) in [7, 11) is -7.12. The predicted molar refractivity (Wildman–Crippen MR) is 103 cm³/mol. The molecule has 0 saturated carbocycles. The Morgan fingerprint density at radius 1 is 0.962 bits per heavy atom. The Balaban J connectivity index is 1.87. The Morgan fingerprint density at radius 2 is 1.65 bits per heavy atom. The second-order valence-corrected chi connectivity index (χ2v) is 9.69. The highest BCUT2D eigenvalue weighted by molar-refractivity contribution is 7.89. The molecular weight excluding hydrogens is 398 g/mol. The van der Waals surface area contributed by atoms with Gasteiger partial charge in [-0.1, -0.05) is 54.8 Å². The van der Waals surface area contributed by atoms with E-state index in [1.54, 1.807) is 24.3 Å². The van der Waals surface area contributed by atoms with Gasteiger partial charge in [0.05, 0.1) is 17.9 Å². The van der Waals surface area contributed by atoms with Crippen molar-refractivity contribution in [3.05, 3.63) is 41.4 Å². The Labute approximate surface area is 159 Å². The molecule has 0 unspecified atom stereocenters. The number of benzene rings is 2. The highest BCUT2D eigenvalue weighted by Gasteiger charge is 2.20. The fraction of sp³-hybridized carbons (Fsp3) is 0.412. The van der Waals surface area contributed by atoms with Crippen molar-refractivity contribution in [2.75, 3.05) is 19.4 Å². The number of sulfonamides is 1. The number of unbranched alkanes of at least 4 members (excludes halogenated alkanes) is 3. The van der Waals surface area contributed by atoms with E-state index in [9.17, 15) is 16.8 Å². The minimum atomic E-state index is -3.72. The van der Waals surface area contributed by atoms with Gasteiger partial charge >= 0.3 is 0 Å². The van der Waals surface area contributed by atoms with Crippen LogP contribution in [0.5, 0.6) is 0 Å². The van der Waals surface area contributed by atoms with Gasteiger partial charge in [-0.3, -0.25) is 4.18 Å². The van der Waals surface area contributed by atoms with E-state index in [0.717, 1.165) is 24.5 Å². The smallest absolute Gasteiger partial charge is 0.264 e. The van der Waals surface area contributed by atoms with Crippen LogP contribution in [0.3, 0.4) is 0 Å². The first-order valence-electron chi connectivity index (χ1n) is 8.22. The lowest BCUT2D eigenvalue weighted by molar-refractivity contribution is 0.310. The van der Waals surface area contributed by atoms with Gasteiger partial charge in [0.15, 0.2) is 0 Å². The monoisotopic (exact) mass is 419 g/mol. The van der Waals surface area contributed by atoms with Crippen molar-refractivity contribution in [3.63, 3.8) is 0 Å². The van der Waals surface area contributed by atoms with Crippen LogP contribution in [-0.4, -0.2) is 36.2 Å². The summed E-state index contributed by atoms with van der Waals surface area (Å²) in [6.45, 7) is 0.436. The van der Waals surface area contributed by atoms with Crippen LogP contribution in [0.25, 0.3) is 10.8 Å². The molecule has 26 heavy (non-hydrogen) atoms. The largest absolute Gasteiger partial charge is 0.270 e. The van der Waals surface area contributed by atoms with Gasteiger partial charge in [0.2, 0.25) is 10.0 Å². The number of hydrogen-bond donors (Lipinski definition) is 1. The maximum atomic E-state index is 12.6. The van der Waals surface area contributed by atoms with E-state index in [4.69, 9.17) is 11.6 Å². The van der Waals surface area contributed by atoms with Gasteiger partial charge in [-0.05, 0) is 24.3 Å². The van der Waals surface area contributed by atoms with E-state index < -0.39 is 20.1 Å². The minimum Gasteiger partial charge on any atom is -0.270 e. The molecule has 0 spiro atoms. The van der Waals surface area contributed by atoms with E-state index in [-0.39, 0.29) is 23.1 Å². The second kappa shape index (κ2) is 9.14.